The first-order chi connectivity index (χ1) is 12.6. The van der Waals surface area contributed by atoms with E-state index in [0.29, 0.717) is 5.25 Å². The van der Waals surface area contributed by atoms with E-state index in [-0.39, 0.29) is 0 Å². The summed E-state index contributed by atoms with van der Waals surface area (Å²) in [6.07, 6.45) is 4.00. The third kappa shape index (κ3) is 8.77. The van der Waals surface area contributed by atoms with E-state index in [1.54, 1.807) is 0 Å². The summed E-state index contributed by atoms with van der Waals surface area (Å²) < 4.78 is 0. The zero-order chi connectivity index (χ0) is 18.7. The van der Waals surface area contributed by atoms with E-state index in [2.05, 4.69) is 67.6 Å². The molecule has 0 N–H and O–H groups in total. The molecule has 2 aromatic carbocycles. The molecule has 2 aromatic rings. The molecule has 0 aliphatic carbocycles. The fraction of sp³-hybridized carbons (Fsp3) is 0.455. The van der Waals surface area contributed by atoms with Crippen LogP contribution in [0, 0.1) is 0 Å². The molecule has 0 heterocycles. The van der Waals surface area contributed by atoms with E-state index in [1.807, 2.05) is 23.5 Å². The van der Waals surface area contributed by atoms with Crippen molar-refractivity contribution in [3.05, 3.63) is 71.8 Å². The topological polar surface area (TPSA) is 0 Å². The second kappa shape index (κ2) is 11.9. The van der Waals surface area contributed by atoms with Gasteiger partial charge in [-0.2, -0.15) is 23.5 Å². The predicted molar refractivity (Wildman–Crippen MR) is 122 cm³/mol. The first kappa shape index (κ1) is 21.6. The van der Waals surface area contributed by atoms with Crippen molar-refractivity contribution < 1.29 is 0 Å². The average Bonchev–Trinajstić information content (AvgIpc) is 2.68. The molecule has 2 rings (SSSR count). The largest absolute Gasteiger partial charge is 0.157 e. The van der Waals surface area contributed by atoms with Crippen molar-refractivity contribution in [1.29, 1.82) is 0 Å². The molecule has 4 heteroatoms. The van der Waals surface area contributed by atoms with Crippen LogP contribution >= 0.6 is 23.5 Å². The molecule has 1 unspecified atom stereocenters. The zero-order valence-corrected chi connectivity index (χ0v) is 17.4. The Bertz CT molecular complexity index is 602. The fourth-order valence-corrected chi connectivity index (χ4v) is 5.05. The van der Waals surface area contributed by atoms with E-state index in [0.717, 1.165) is 30.8 Å². The van der Waals surface area contributed by atoms with Gasteiger partial charge < -0.3 is 0 Å². The summed E-state index contributed by atoms with van der Waals surface area (Å²) in [7, 11) is 12.3. The smallest absolute Gasteiger partial charge is 0.0620 e. The lowest BCUT2D eigenvalue weighted by Gasteiger charge is -2.26. The average molecular weight is 378 g/mol. The molecule has 0 bridgehead atoms. The Morgan fingerprint density at radius 3 is 2.00 bits per heavy atom. The Kier molecular flexibility index (Phi) is 9.85. The third-order valence-electron chi connectivity index (χ3n) is 4.61. The summed E-state index contributed by atoms with van der Waals surface area (Å²) in [6, 6.07) is 21.4. The lowest BCUT2D eigenvalue weighted by Crippen LogP contribution is -2.15. The van der Waals surface area contributed by atoms with Crippen LogP contribution in [0.15, 0.2) is 60.7 Å². The summed E-state index contributed by atoms with van der Waals surface area (Å²) in [5, 5.41) is 0.0828. The number of thioether (sulfide) groups is 2. The van der Waals surface area contributed by atoms with Gasteiger partial charge in [0, 0.05) is 16.8 Å². The SMILES string of the molecule is [B]C([B])(CC)CCC(CCSCc1ccccc1)SCc1ccccc1. The van der Waals surface area contributed by atoms with Gasteiger partial charge in [-0.1, -0.05) is 85.6 Å². The van der Waals surface area contributed by atoms with Crippen LogP contribution in [0.5, 0.6) is 0 Å². The minimum atomic E-state index is -0.525. The van der Waals surface area contributed by atoms with Gasteiger partial charge in [0.05, 0.1) is 15.7 Å². The van der Waals surface area contributed by atoms with E-state index in [9.17, 15) is 0 Å². The maximum Gasteiger partial charge on any atom is 0.0620 e. The minimum absolute atomic E-state index is 0.525. The minimum Gasteiger partial charge on any atom is -0.157 e. The Balaban J connectivity index is 1.79. The highest BCUT2D eigenvalue weighted by Gasteiger charge is 2.18. The highest BCUT2D eigenvalue weighted by atomic mass is 32.2. The van der Waals surface area contributed by atoms with Gasteiger partial charge in [-0.25, -0.2) is 0 Å². The molecule has 0 nitrogen and oxygen atoms in total. The maximum absolute atomic E-state index is 6.17. The lowest BCUT2D eigenvalue weighted by atomic mass is 9.51. The molecule has 1 atom stereocenters. The molecule has 0 amide bonds. The maximum atomic E-state index is 6.17. The Hall–Kier alpha value is -0.730. The molecule has 0 aromatic heterocycles. The van der Waals surface area contributed by atoms with Crippen molar-refractivity contribution in [3.8, 4) is 0 Å². The molecule has 0 aliphatic heterocycles. The summed E-state index contributed by atoms with van der Waals surface area (Å²) in [5.74, 6) is 3.32. The lowest BCUT2D eigenvalue weighted by molar-refractivity contribution is 0.596. The van der Waals surface area contributed by atoms with Gasteiger partial charge in [0.15, 0.2) is 0 Å². The standard InChI is InChI=1S/C22H28B2S2/c1-2-22(23,24)15-13-21(26-18-20-11-7-4-8-12-20)14-16-25-17-19-9-5-3-6-10-19/h3-12,21H,2,13-18H2,1H3. The monoisotopic (exact) mass is 378 g/mol. The van der Waals surface area contributed by atoms with Crippen LogP contribution in [0.3, 0.4) is 0 Å². The summed E-state index contributed by atoms with van der Waals surface area (Å²) in [6.45, 7) is 2.07. The predicted octanol–water partition coefficient (Wildman–Crippen LogP) is 6.26. The van der Waals surface area contributed by atoms with Crippen LogP contribution in [0.4, 0.5) is 0 Å². The summed E-state index contributed by atoms with van der Waals surface area (Å²) >= 11 is 4.07. The highest BCUT2D eigenvalue weighted by Crippen LogP contribution is 2.33. The second-order valence-electron chi connectivity index (χ2n) is 6.87. The third-order valence-corrected chi connectivity index (χ3v) is 7.12. The van der Waals surface area contributed by atoms with Crippen LogP contribution in [-0.4, -0.2) is 26.7 Å². The van der Waals surface area contributed by atoms with E-state index in [4.69, 9.17) is 15.7 Å². The highest BCUT2D eigenvalue weighted by molar-refractivity contribution is 7.99. The van der Waals surface area contributed by atoms with Crippen LogP contribution in [0.1, 0.15) is 43.7 Å². The van der Waals surface area contributed by atoms with Crippen LogP contribution in [0.2, 0.25) is 5.21 Å². The first-order valence-corrected chi connectivity index (χ1v) is 11.6. The quantitative estimate of drug-likeness (QED) is 0.316. The number of hydrogen-bond donors (Lipinski definition) is 0. The number of rotatable bonds is 12. The zero-order valence-electron chi connectivity index (χ0n) is 15.8. The van der Waals surface area contributed by atoms with Crippen molar-refractivity contribution in [2.24, 2.45) is 0 Å². The fourth-order valence-electron chi connectivity index (χ4n) is 2.68. The molecular formula is C22H28B2S2. The normalized spacial score (nSPS) is 12.8. The van der Waals surface area contributed by atoms with Crippen LogP contribution in [-0.2, 0) is 11.5 Å². The van der Waals surface area contributed by atoms with Gasteiger partial charge >= 0.3 is 0 Å². The first-order valence-electron chi connectivity index (χ1n) is 9.44. The molecule has 26 heavy (non-hydrogen) atoms. The van der Waals surface area contributed by atoms with Crippen molar-refractivity contribution >= 4 is 39.2 Å². The molecule has 0 saturated heterocycles. The molecule has 0 fully saturated rings. The van der Waals surface area contributed by atoms with E-state index >= 15 is 0 Å². The van der Waals surface area contributed by atoms with Crippen molar-refractivity contribution in [2.75, 3.05) is 5.75 Å². The summed E-state index contributed by atoms with van der Waals surface area (Å²) in [5.41, 5.74) is 2.79. The van der Waals surface area contributed by atoms with Crippen LogP contribution in [0.25, 0.3) is 0 Å². The van der Waals surface area contributed by atoms with Gasteiger partial charge in [-0.05, 0) is 29.7 Å². The van der Waals surface area contributed by atoms with E-state index < -0.39 is 5.21 Å². The Morgan fingerprint density at radius 2 is 1.42 bits per heavy atom. The molecule has 134 valence electrons. The molecule has 4 radical (unpaired) electrons. The molecule has 0 aliphatic rings. The summed E-state index contributed by atoms with van der Waals surface area (Å²) in [4.78, 5) is 0. The van der Waals surface area contributed by atoms with Crippen LogP contribution < -0.4 is 0 Å². The molecule has 0 spiro atoms. The van der Waals surface area contributed by atoms with Crippen molar-refractivity contribution in [1.82, 2.24) is 0 Å². The van der Waals surface area contributed by atoms with Crippen molar-refractivity contribution in [3.63, 3.8) is 0 Å². The number of benzene rings is 2. The van der Waals surface area contributed by atoms with Gasteiger partial charge in [-0.3, -0.25) is 0 Å². The molecular weight excluding hydrogens is 350 g/mol. The van der Waals surface area contributed by atoms with E-state index in [1.165, 1.54) is 23.3 Å². The van der Waals surface area contributed by atoms with Gasteiger partial charge in [0.1, 0.15) is 0 Å². The van der Waals surface area contributed by atoms with Gasteiger partial charge in [0.2, 0.25) is 0 Å². The Labute approximate surface area is 171 Å². The number of hydrogen-bond acceptors (Lipinski definition) is 2. The van der Waals surface area contributed by atoms with Gasteiger partial charge in [0.25, 0.3) is 0 Å². The van der Waals surface area contributed by atoms with Gasteiger partial charge in [-0.15, -0.1) is 0 Å². The Morgan fingerprint density at radius 1 is 0.846 bits per heavy atom. The van der Waals surface area contributed by atoms with Crippen molar-refractivity contribution in [2.45, 2.75) is 54.6 Å². The molecule has 0 saturated carbocycles. The second-order valence-corrected chi connectivity index (χ2v) is 9.26.